The highest BCUT2D eigenvalue weighted by molar-refractivity contribution is 7.90. The summed E-state index contributed by atoms with van der Waals surface area (Å²) in [4.78, 5) is 7.23. The Bertz CT molecular complexity index is 812. The van der Waals surface area contributed by atoms with Gasteiger partial charge in [-0.3, -0.25) is 4.90 Å². The molecule has 1 aliphatic heterocycles. The molecule has 2 aromatic rings. The van der Waals surface area contributed by atoms with E-state index in [1.54, 1.807) is 12.1 Å². The Morgan fingerprint density at radius 1 is 1.29 bits per heavy atom. The molecule has 6 nitrogen and oxygen atoms in total. The van der Waals surface area contributed by atoms with Gasteiger partial charge in [-0.1, -0.05) is 12.1 Å². The number of aromatic nitrogens is 2. The van der Waals surface area contributed by atoms with Gasteiger partial charge in [-0.05, 0) is 24.6 Å². The second kappa shape index (κ2) is 6.66. The Kier molecular flexibility index (Phi) is 4.76. The molecule has 7 heteroatoms. The van der Waals surface area contributed by atoms with Gasteiger partial charge in [-0.2, -0.15) is 0 Å². The lowest BCUT2D eigenvalue weighted by Gasteiger charge is -2.32. The predicted octanol–water partition coefficient (Wildman–Crippen LogP) is 1.71. The molecule has 1 aromatic heterocycles. The lowest BCUT2D eigenvalue weighted by atomic mass is 10.2. The van der Waals surface area contributed by atoms with E-state index in [0.717, 1.165) is 36.7 Å². The molecule has 0 saturated carbocycles. The van der Waals surface area contributed by atoms with E-state index in [4.69, 9.17) is 4.74 Å². The van der Waals surface area contributed by atoms with Crippen molar-refractivity contribution in [2.75, 3.05) is 26.0 Å². The first-order valence-corrected chi connectivity index (χ1v) is 9.85. The van der Waals surface area contributed by atoms with Gasteiger partial charge in [0.2, 0.25) is 0 Å². The van der Waals surface area contributed by atoms with Crippen LogP contribution in [0.2, 0.25) is 0 Å². The molecule has 3 rings (SSSR count). The largest absolute Gasteiger partial charge is 0.368 e. The molecule has 0 amide bonds. The first-order chi connectivity index (χ1) is 11.3. The molecule has 1 saturated heterocycles. The van der Waals surface area contributed by atoms with Crippen molar-refractivity contribution in [1.29, 1.82) is 0 Å². The molecular weight excluding hydrogens is 326 g/mol. The van der Waals surface area contributed by atoms with Gasteiger partial charge in [0.15, 0.2) is 9.84 Å². The van der Waals surface area contributed by atoms with Crippen molar-refractivity contribution in [3.8, 4) is 0 Å². The van der Waals surface area contributed by atoms with Gasteiger partial charge in [-0.15, -0.1) is 0 Å². The molecular formula is C17H23N3O3S. The highest BCUT2D eigenvalue weighted by atomic mass is 32.2. The van der Waals surface area contributed by atoms with Crippen molar-refractivity contribution in [3.05, 3.63) is 47.5 Å². The van der Waals surface area contributed by atoms with Crippen LogP contribution in [0.5, 0.6) is 0 Å². The van der Waals surface area contributed by atoms with Crippen LogP contribution in [-0.4, -0.2) is 48.8 Å². The fourth-order valence-electron chi connectivity index (χ4n) is 3.04. The van der Waals surface area contributed by atoms with Gasteiger partial charge in [0.1, 0.15) is 11.9 Å². The quantitative estimate of drug-likeness (QED) is 0.841. The SMILES string of the molecule is Cc1cn(C)c(C2CN(Cc3ccc(S(C)(=O)=O)cc3)CCO2)n1. The third-order valence-corrected chi connectivity index (χ3v) is 5.36. The molecule has 0 spiro atoms. The Hall–Kier alpha value is -1.70. The van der Waals surface area contributed by atoms with E-state index in [1.165, 1.54) is 6.26 Å². The van der Waals surface area contributed by atoms with Crippen LogP contribution in [0.1, 0.15) is 23.2 Å². The second-order valence-corrected chi connectivity index (χ2v) is 8.38. The lowest BCUT2D eigenvalue weighted by Crippen LogP contribution is -2.38. The van der Waals surface area contributed by atoms with Crippen LogP contribution in [0.4, 0.5) is 0 Å². The van der Waals surface area contributed by atoms with Crippen molar-refractivity contribution in [1.82, 2.24) is 14.5 Å². The number of nitrogens with zero attached hydrogens (tertiary/aromatic N) is 3. The molecule has 1 atom stereocenters. The van der Waals surface area contributed by atoms with Crippen LogP contribution >= 0.6 is 0 Å². The maximum absolute atomic E-state index is 11.5. The fraction of sp³-hybridized carbons (Fsp3) is 0.471. The topological polar surface area (TPSA) is 64.4 Å². The Morgan fingerprint density at radius 3 is 2.58 bits per heavy atom. The summed E-state index contributed by atoms with van der Waals surface area (Å²) < 4.78 is 31.0. The molecule has 0 aliphatic carbocycles. The Labute approximate surface area is 143 Å². The standard InChI is InChI=1S/C17H23N3O3S/c1-13-10-19(2)17(18-13)16-12-20(8-9-23-16)11-14-4-6-15(7-5-14)24(3,21)22/h4-7,10,16H,8-9,11-12H2,1-3H3. The van der Waals surface area contributed by atoms with E-state index >= 15 is 0 Å². The number of hydrogen-bond donors (Lipinski definition) is 0. The number of aryl methyl sites for hydroxylation is 2. The summed E-state index contributed by atoms with van der Waals surface area (Å²) in [5.74, 6) is 0.949. The van der Waals surface area contributed by atoms with Crippen LogP contribution in [0.3, 0.4) is 0 Å². The summed E-state index contributed by atoms with van der Waals surface area (Å²) in [6.07, 6.45) is 3.19. The zero-order valence-electron chi connectivity index (χ0n) is 14.3. The van der Waals surface area contributed by atoms with Crippen molar-refractivity contribution in [2.45, 2.75) is 24.5 Å². The smallest absolute Gasteiger partial charge is 0.175 e. The number of morpholine rings is 1. The van der Waals surface area contributed by atoms with E-state index in [1.807, 2.05) is 36.9 Å². The number of benzene rings is 1. The van der Waals surface area contributed by atoms with Crippen LogP contribution in [0, 0.1) is 6.92 Å². The summed E-state index contributed by atoms with van der Waals surface area (Å²) in [7, 11) is -1.16. The monoisotopic (exact) mass is 349 g/mol. The lowest BCUT2D eigenvalue weighted by molar-refractivity contribution is -0.0384. The summed E-state index contributed by atoms with van der Waals surface area (Å²) in [5, 5.41) is 0. The van der Waals surface area contributed by atoms with Gasteiger partial charge >= 0.3 is 0 Å². The number of ether oxygens (including phenoxy) is 1. The third kappa shape index (κ3) is 3.85. The summed E-state index contributed by atoms with van der Waals surface area (Å²) in [6, 6.07) is 7.10. The third-order valence-electron chi connectivity index (χ3n) is 4.23. The number of sulfone groups is 1. The average Bonchev–Trinajstić information content (AvgIpc) is 2.86. The van der Waals surface area contributed by atoms with Crippen LogP contribution in [-0.2, 0) is 28.2 Å². The summed E-state index contributed by atoms with van der Waals surface area (Å²) in [6.45, 7) is 5.05. The minimum Gasteiger partial charge on any atom is -0.368 e. The normalized spacial score (nSPS) is 19.5. The Morgan fingerprint density at radius 2 is 2.00 bits per heavy atom. The predicted molar refractivity (Wildman–Crippen MR) is 91.5 cm³/mol. The molecule has 1 unspecified atom stereocenters. The van der Waals surface area contributed by atoms with Gasteiger partial charge in [0.25, 0.3) is 0 Å². The van der Waals surface area contributed by atoms with Gasteiger partial charge in [0, 0.05) is 39.1 Å². The summed E-state index contributed by atoms with van der Waals surface area (Å²) >= 11 is 0. The van der Waals surface area contributed by atoms with E-state index in [-0.39, 0.29) is 6.10 Å². The van der Waals surface area contributed by atoms with Crippen LogP contribution in [0.25, 0.3) is 0 Å². The van der Waals surface area contributed by atoms with Crippen molar-refractivity contribution < 1.29 is 13.2 Å². The molecule has 0 radical (unpaired) electrons. The van der Waals surface area contributed by atoms with Gasteiger partial charge in [0.05, 0.1) is 17.2 Å². The molecule has 1 aliphatic rings. The molecule has 2 heterocycles. The first kappa shape index (κ1) is 17.1. The highest BCUT2D eigenvalue weighted by Crippen LogP contribution is 2.23. The fourth-order valence-corrected chi connectivity index (χ4v) is 3.67. The minimum atomic E-state index is -3.14. The maximum Gasteiger partial charge on any atom is 0.175 e. The Balaban J connectivity index is 1.68. The molecule has 130 valence electrons. The first-order valence-electron chi connectivity index (χ1n) is 7.96. The molecule has 0 N–H and O–H groups in total. The average molecular weight is 349 g/mol. The van der Waals surface area contributed by atoms with Gasteiger partial charge < -0.3 is 9.30 Å². The minimum absolute atomic E-state index is 0.0345. The molecule has 24 heavy (non-hydrogen) atoms. The highest BCUT2D eigenvalue weighted by Gasteiger charge is 2.25. The zero-order chi connectivity index (χ0) is 17.3. The molecule has 1 fully saturated rings. The van der Waals surface area contributed by atoms with E-state index in [0.29, 0.717) is 11.5 Å². The second-order valence-electron chi connectivity index (χ2n) is 6.36. The van der Waals surface area contributed by atoms with Crippen LogP contribution in [0.15, 0.2) is 35.4 Å². The van der Waals surface area contributed by atoms with E-state index in [2.05, 4.69) is 9.88 Å². The van der Waals surface area contributed by atoms with E-state index in [9.17, 15) is 8.42 Å². The van der Waals surface area contributed by atoms with Crippen molar-refractivity contribution >= 4 is 9.84 Å². The number of imidazole rings is 1. The molecule has 0 bridgehead atoms. The maximum atomic E-state index is 11.5. The van der Waals surface area contributed by atoms with Gasteiger partial charge in [-0.25, -0.2) is 13.4 Å². The summed E-state index contributed by atoms with van der Waals surface area (Å²) in [5.41, 5.74) is 2.09. The van der Waals surface area contributed by atoms with Crippen molar-refractivity contribution in [2.24, 2.45) is 7.05 Å². The van der Waals surface area contributed by atoms with E-state index < -0.39 is 9.84 Å². The van der Waals surface area contributed by atoms with Crippen LogP contribution < -0.4 is 0 Å². The molecule has 1 aromatic carbocycles. The van der Waals surface area contributed by atoms with Crippen molar-refractivity contribution in [3.63, 3.8) is 0 Å². The number of rotatable bonds is 4. The number of hydrogen-bond acceptors (Lipinski definition) is 5. The zero-order valence-corrected chi connectivity index (χ0v) is 15.1.